The van der Waals surface area contributed by atoms with Crippen molar-refractivity contribution in [2.24, 2.45) is 0 Å². The standard InChI is InChI=1S/C21H26N2O3S/c1-15-11-13-18(14-12-15)23(27(3,25)26)16(2)21(24)22-20-10-6-8-17-7-4-5-9-19(17)20/h4-5,7,9,11-14,16,20H,6,8,10H2,1-3H3,(H,22,24)/t16-,20-/m1/s1. The van der Waals surface area contributed by atoms with E-state index in [0.29, 0.717) is 5.69 Å². The number of sulfonamides is 1. The first-order chi connectivity index (χ1) is 12.8. The van der Waals surface area contributed by atoms with Crippen LogP contribution in [0.2, 0.25) is 0 Å². The first-order valence-electron chi connectivity index (χ1n) is 9.21. The number of hydrogen-bond acceptors (Lipinski definition) is 3. The van der Waals surface area contributed by atoms with E-state index in [1.54, 1.807) is 19.1 Å². The van der Waals surface area contributed by atoms with Crippen LogP contribution in [0.25, 0.3) is 0 Å². The largest absolute Gasteiger partial charge is 0.347 e. The fourth-order valence-corrected chi connectivity index (χ4v) is 4.87. The Balaban J connectivity index is 1.84. The molecule has 6 heteroatoms. The molecule has 0 aromatic heterocycles. The molecule has 2 aromatic carbocycles. The SMILES string of the molecule is Cc1ccc(N([C@H](C)C(=O)N[C@@H]2CCCc3ccccc32)S(C)(=O)=O)cc1. The van der Waals surface area contributed by atoms with Crippen molar-refractivity contribution >= 4 is 21.6 Å². The molecule has 1 aliphatic carbocycles. The fourth-order valence-electron chi connectivity index (χ4n) is 3.70. The number of nitrogens with zero attached hydrogens (tertiary/aromatic N) is 1. The van der Waals surface area contributed by atoms with E-state index in [9.17, 15) is 13.2 Å². The third kappa shape index (κ3) is 4.33. The maximum Gasteiger partial charge on any atom is 0.244 e. The highest BCUT2D eigenvalue weighted by Gasteiger charge is 2.31. The van der Waals surface area contributed by atoms with Crippen LogP contribution in [-0.2, 0) is 21.2 Å². The quantitative estimate of drug-likeness (QED) is 0.857. The monoisotopic (exact) mass is 386 g/mol. The molecule has 1 aliphatic rings. The molecule has 27 heavy (non-hydrogen) atoms. The molecule has 0 heterocycles. The van der Waals surface area contributed by atoms with Gasteiger partial charge in [-0.1, -0.05) is 42.0 Å². The number of carbonyl (C=O) groups excluding carboxylic acids is 1. The molecular weight excluding hydrogens is 360 g/mol. The summed E-state index contributed by atoms with van der Waals surface area (Å²) in [6, 6.07) is 14.3. The van der Waals surface area contributed by atoms with Gasteiger partial charge in [-0.2, -0.15) is 0 Å². The van der Waals surface area contributed by atoms with Crippen LogP contribution in [0.15, 0.2) is 48.5 Å². The van der Waals surface area contributed by atoms with E-state index in [-0.39, 0.29) is 11.9 Å². The van der Waals surface area contributed by atoms with Crippen molar-refractivity contribution in [2.75, 3.05) is 10.6 Å². The third-order valence-electron chi connectivity index (χ3n) is 5.06. The van der Waals surface area contributed by atoms with E-state index in [0.717, 1.165) is 36.6 Å². The van der Waals surface area contributed by atoms with Crippen molar-refractivity contribution in [3.8, 4) is 0 Å². The Bertz CT molecular complexity index is 923. The lowest BCUT2D eigenvalue weighted by Gasteiger charge is -2.31. The van der Waals surface area contributed by atoms with Crippen LogP contribution in [0.4, 0.5) is 5.69 Å². The second kappa shape index (κ2) is 7.72. The van der Waals surface area contributed by atoms with Crippen molar-refractivity contribution in [1.29, 1.82) is 0 Å². The van der Waals surface area contributed by atoms with Gasteiger partial charge in [0.1, 0.15) is 6.04 Å². The normalized spacial score (nSPS) is 17.7. The van der Waals surface area contributed by atoms with Crippen molar-refractivity contribution in [3.05, 3.63) is 65.2 Å². The van der Waals surface area contributed by atoms with Gasteiger partial charge in [0.15, 0.2) is 0 Å². The van der Waals surface area contributed by atoms with Crippen molar-refractivity contribution < 1.29 is 13.2 Å². The predicted octanol–water partition coefficient (Wildman–Crippen LogP) is 3.34. The zero-order chi connectivity index (χ0) is 19.6. The van der Waals surface area contributed by atoms with Crippen LogP contribution in [0.3, 0.4) is 0 Å². The minimum atomic E-state index is -3.60. The molecule has 5 nitrogen and oxygen atoms in total. The summed E-state index contributed by atoms with van der Waals surface area (Å²) >= 11 is 0. The molecule has 0 aliphatic heterocycles. The Morgan fingerprint density at radius 3 is 2.48 bits per heavy atom. The summed E-state index contributed by atoms with van der Waals surface area (Å²) in [5.74, 6) is -0.289. The van der Waals surface area contributed by atoms with Gasteiger partial charge < -0.3 is 5.32 Å². The van der Waals surface area contributed by atoms with E-state index in [4.69, 9.17) is 0 Å². The van der Waals surface area contributed by atoms with Crippen LogP contribution in [0.5, 0.6) is 0 Å². The first kappa shape index (κ1) is 19.4. The minimum Gasteiger partial charge on any atom is -0.347 e. The van der Waals surface area contributed by atoms with E-state index in [2.05, 4.69) is 11.4 Å². The van der Waals surface area contributed by atoms with Gasteiger partial charge in [-0.25, -0.2) is 8.42 Å². The van der Waals surface area contributed by atoms with Crippen LogP contribution in [0, 0.1) is 6.92 Å². The Morgan fingerprint density at radius 1 is 1.15 bits per heavy atom. The summed E-state index contributed by atoms with van der Waals surface area (Å²) in [4.78, 5) is 12.9. The van der Waals surface area contributed by atoms with Crippen LogP contribution in [0.1, 0.15) is 42.5 Å². The van der Waals surface area contributed by atoms with Gasteiger partial charge in [0.2, 0.25) is 15.9 Å². The van der Waals surface area contributed by atoms with Gasteiger partial charge in [-0.15, -0.1) is 0 Å². The maximum absolute atomic E-state index is 12.9. The van der Waals surface area contributed by atoms with Gasteiger partial charge in [-0.05, 0) is 56.4 Å². The second-order valence-corrected chi connectivity index (χ2v) is 9.08. The lowest BCUT2D eigenvalue weighted by Crippen LogP contribution is -2.49. The molecule has 0 spiro atoms. The molecule has 0 unspecified atom stereocenters. The number of fused-ring (bicyclic) bond motifs is 1. The Kier molecular flexibility index (Phi) is 5.56. The summed E-state index contributed by atoms with van der Waals surface area (Å²) in [7, 11) is -3.60. The zero-order valence-corrected chi connectivity index (χ0v) is 16.8. The molecule has 0 radical (unpaired) electrons. The highest BCUT2D eigenvalue weighted by molar-refractivity contribution is 7.92. The number of benzene rings is 2. The number of nitrogens with one attached hydrogen (secondary N) is 1. The van der Waals surface area contributed by atoms with Crippen molar-refractivity contribution in [2.45, 2.75) is 45.2 Å². The number of hydrogen-bond donors (Lipinski definition) is 1. The van der Waals surface area contributed by atoms with Crippen molar-refractivity contribution in [1.82, 2.24) is 5.32 Å². The van der Waals surface area contributed by atoms with Gasteiger partial charge in [0, 0.05) is 0 Å². The molecule has 0 saturated heterocycles. The predicted molar refractivity (Wildman–Crippen MR) is 108 cm³/mol. The summed E-state index contributed by atoms with van der Waals surface area (Å²) in [5.41, 5.74) is 3.91. The Morgan fingerprint density at radius 2 is 1.81 bits per heavy atom. The average Bonchev–Trinajstić information content (AvgIpc) is 2.62. The van der Waals surface area contributed by atoms with Gasteiger partial charge in [0.25, 0.3) is 0 Å². The highest BCUT2D eigenvalue weighted by Crippen LogP contribution is 2.30. The molecule has 1 amide bonds. The van der Waals surface area contributed by atoms with Crippen LogP contribution in [-0.4, -0.2) is 26.6 Å². The summed E-state index contributed by atoms with van der Waals surface area (Å²) in [5, 5.41) is 3.06. The zero-order valence-electron chi connectivity index (χ0n) is 16.0. The van der Waals surface area contributed by atoms with Crippen LogP contribution >= 0.6 is 0 Å². The number of amides is 1. The number of anilines is 1. The first-order valence-corrected chi connectivity index (χ1v) is 11.1. The molecule has 0 fully saturated rings. The van der Waals surface area contributed by atoms with E-state index in [1.165, 1.54) is 9.87 Å². The molecule has 144 valence electrons. The number of carbonyl (C=O) groups is 1. The summed E-state index contributed by atoms with van der Waals surface area (Å²) in [6.45, 7) is 3.57. The highest BCUT2D eigenvalue weighted by atomic mass is 32.2. The lowest BCUT2D eigenvalue weighted by molar-refractivity contribution is -0.122. The van der Waals surface area contributed by atoms with Crippen molar-refractivity contribution in [3.63, 3.8) is 0 Å². The number of rotatable bonds is 5. The number of aryl methyl sites for hydroxylation is 2. The van der Waals surface area contributed by atoms with E-state index < -0.39 is 16.1 Å². The van der Waals surface area contributed by atoms with Crippen LogP contribution < -0.4 is 9.62 Å². The second-order valence-electron chi connectivity index (χ2n) is 7.22. The fraction of sp³-hybridized carbons (Fsp3) is 0.381. The van der Waals surface area contributed by atoms with Gasteiger partial charge >= 0.3 is 0 Å². The molecule has 2 aromatic rings. The lowest BCUT2D eigenvalue weighted by atomic mass is 9.87. The Hall–Kier alpha value is -2.34. The topological polar surface area (TPSA) is 66.5 Å². The smallest absolute Gasteiger partial charge is 0.244 e. The molecule has 2 atom stereocenters. The molecular formula is C21H26N2O3S. The third-order valence-corrected chi connectivity index (χ3v) is 6.30. The Labute approximate surface area is 161 Å². The van der Waals surface area contributed by atoms with E-state index in [1.807, 2.05) is 37.3 Å². The molecule has 0 saturated carbocycles. The molecule has 1 N–H and O–H groups in total. The minimum absolute atomic E-state index is 0.0793. The van der Waals surface area contributed by atoms with E-state index >= 15 is 0 Å². The molecule has 3 rings (SSSR count). The average molecular weight is 387 g/mol. The van der Waals surface area contributed by atoms with Gasteiger partial charge in [0.05, 0.1) is 18.0 Å². The van der Waals surface area contributed by atoms with Gasteiger partial charge in [-0.3, -0.25) is 9.10 Å². The summed E-state index contributed by atoms with van der Waals surface area (Å²) < 4.78 is 26.0. The maximum atomic E-state index is 12.9. The molecule has 0 bridgehead atoms. The summed E-state index contributed by atoms with van der Waals surface area (Å²) in [6.07, 6.45) is 4.01.